The van der Waals surface area contributed by atoms with Gasteiger partial charge in [-0.2, -0.15) is 0 Å². The molecule has 0 aliphatic heterocycles. The van der Waals surface area contributed by atoms with Crippen molar-refractivity contribution in [2.75, 3.05) is 7.11 Å². The Hall–Kier alpha value is -1.25. The second kappa shape index (κ2) is 3.64. The quantitative estimate of drug-likeness (QED) is 0.519. The van der Waals surface area contributed by atoms with Crippen LogP contribution in [0.2, 0.25) is 0 Å². The Labute approximate surface area is 78.4 Å². The van der Waals surface area contributed by atoms with E-state index in [0.29, 0.717) is 0 Å². The highest BCUT2D eigenvalue weighted by molar-refractivity contribution is 6.01. The molecule has 0 atom stereocenters. The van der Waals surface area contributed by atoms with E-state index < -0.39 is 0 Å². The molecule has 0 aliphatic carbocycles. The third-order valence-electron chi connectivity index (χ3n) is 1.65. The Morgan fingerprint density at radius 3 is 2.54 bits per heavy atom. The highest BCUT2D eigenvalue weighted by atomic mass is 16.6. The summed E-state index contributed by atoms with van der Waals surface area (Å²) in [6.45, 7) is 6.19. The molecule has 72 valence electrons. The zero-order chi connectivity index (χ0) is 9.90. The molecule has 0 fully saturated rings. The van der Waals surface area contributed by atoms with Gasteiger partial charge in [0, 0.05) is 5.41 Å². The molecule has 13 heavy (non-hydrogen) atoms. The highest BCUT2D eigenvalue weighted by Gasteiger charge is 2.23. The van der Waals surface area contributed by atoms with Crippen molar-refractivity contribution < 1.29 is 9.25 Å². The van der Waals surface area contributed by atoms with Crippen LogP contribution < -0.4 is 0 Å². The number of oxime groups is 1. The Bertz CT molecular complexity index is 280. The van der Waals surface area contributed by atoms with E-state index in [1.54, 1.807) is 6.26 Å². The zero-order valence-corrected chi connectivity index (χ0v) is 8.50. The third kappa shape index (κ3) is 2.34. The van der Waals surface area contributed by atoms with Crippen molar-refractivity contribution in [1.82, 2.24) is 0 Å². The molecule has 0 unspecified atom stereocenters. The van der Waals surface area contributed by atoms with Gasteiger partial charge in [0.15, 0.2) is 5.76 Å². The molecule has 0 aliphatic rings. The summed E-state index contributed by atoms with van der Waals surface area (Å²) in [6.07, 6.45) is 1.63. The molecule has 1 rings (SSSR count). The first-order valence-corrected chi connectivity index (χ1v) is 4.21. The Kier molecular flexibility index (Phi) is 2.76. The maximum absolute atomic E-state index is 5.26. The summed E-state index contributed by atoms with van der Waals surface area (Å²) >= 11 is 0. The van der Waals surface area contributed by atoms with E-state index in [1.165, 1.54) is 7.11 Å². The van der Waals surface area contributed by atoms with Crippen LogP contribution in [-0.2, 0) is 4.84 Å². The van der Waals surface area contributed by atoms with Crippen LogP contribution in [0.25, 0.3) is 0 Å². The smallest absolute Gasteiger partial charge is 0.151 e. The molecule has 1 aromatic heterocycles. The van der Waals surface area contributed by atoms with E-state index in [-0.39, 0.29) is 5.41 Å². The van der Waals surface area contributed by atoms with Crippen molar-refractivity contribution >= 4 is 5.71 Å². The van der Waals surface area contributed by atoms with Crippen LogP contribution in [0.1, 0.15) is 26.5 Å². The molecule has 1 aromatic rings. The molecule has 0 saturated carbocycles. The third-order valence-corrected chi connectivity index (χ3v) is 1.65. The van der Waals surface area contributed by atoms with Gasteiger partial charge in [0.25, 0.3) is 0 Å². The second-order valence-corrected chi connectivity index (χ2v) is 3.85. The fourth-order valence-corrected chi connectivity index (χ4v) is 1.06. The molecular weight excluding hydrogens is 166 g/mol. The number of nitrogens with zero attached hydrogens (tertiary/aromatic N) is 1. The fourth-order valence-electron chi connectivity index (χ4n) is 1.06. The largest absolute Gasteiger partial charge is 0.463 e. The summed E-state index contributed by atoms with van der Waals surface area (Å²) < 4.78 is 5.26. The fraction of sp³-hybridized carbons (Fsp3) is 0.500. The van der Waals surface area contributed by atoms with Gasteiger partial charge in [-0.05, 0) is 12.1 Å². The molecule has 0 saturated heterocycles. The Morgan fingerprint density at radius 2 is 2.15 bits per heavy atom. The van der Waals surface area contributed by atoms with E-state index >= 15 is 0 Å². The molecule has 3 nitrogen and oxygen atoms in total. The summed E-state index contributed by atoms with van der Waals surface area (Å²) in [5.41, 5.74) is 0.744. The van der Waals surface area contributed by atoms with E-state index in [4.69, 9.17) is 9.25 Å². The van der Waals surface area contributed by atoms with Gasteiger partial charge in [0.2, 0.25) is 0 Å². The van der Waals surface area contributed by atoms with Crippen molar-refractivity contribution in [2.45, 2.75) is 20.8 Å². The monoisotopic (exact) mass is 181 g/mol. The van der Waals surface area contributed by atoms with Crippen LogP contribution in [0.5, 0.6) is 0 Å². The molecule has 1 heterocycles. The maximum Gasteiger partial charge on any atom is 0.151 e. The topological polar surface area (TPSA) is 34.7 Å². The minimum Gasteiger partial charge on any atom is -0.463 e. The van der Waals surface area contributed by atoms with Crippen LogP contribution in [0.4, 0.5) is 0 Å². The predicted molar refractivity (Wildman–Crippen MR) is 51.7 cm³/mol. The van der Waals surface area contributed by atoms with Gasteiger partial charge in [-0.1, -0.05) is 25.9 Å². The molecule has 0 aromatic carbocycles. The SMILES string of the molecule is CON=C(c1ccco1)C(C)(C)C. The molecule has 0 bridgehead atoms. The van der Waals surface area contributed by atoms with Crippen LogP contribution in [0.15, 0.2) is 28.0 Å². The first-order valence-electron chi connectivity index (χ1n) is 4.21. The molecule has 0 N–H and O–H groups in total. The summed E-state index contributed by atoms with van der Waals surface area (Å²) in [6, 6.07) is 3.72. The number of hydrogen-bond donors (Lipinski definition) is 0. The second-order valence-electron chi connectivity index (χ2n) is 3.85. The lowest BCUT2D eigenvalue weighted by Gasteiger charge is -2.18. The normalized spacial score (nSPS) is 13.1. The van der Waals surface area contributed by atoms with Gasteiger partial charge in [-0.15, -0.1) is 0 Å². The molecule has 0 amide bonds. The number of hydrogen-bond acceptors (Lipinski definition) is 3. The van der Waals surface area contributed by atoms with E-state index in [1.807, 2.05) is 12.1 Å². The van der Waals surface area contributed by atoms with E-state index in [9.17, 15) is 0 Å². The lowest BCUT2D eigenvalue weighted by atomic mass is 9.89. The van der Waals surface area contributed by atoms with Crippen molar-refractivity contribution in [1.29, 1.82) is 0 Å². The number of rotatable bonds is 2. The highest BCUT2D eigenvalue weighted by Crippen LogP contribution is 2.22. The first kappa shape index (κ1) is 9.84. The van der Waals surface area contributed by atoms with E-state index in [0.717, 1.165) is 11.5 Å². The Morgan fingerprint density at radius 1 is 1.46 bits per heavy atom. The average molecular weight is 181 g/mol. The Balaban J connectivity index is 3.02. The van der Waals surface area contributed by atoms with Gasteiger partial charge in [0.1, 0.15) is 12.8 Å². The van der Waals surface area contributed by atoms with Crippen molar-refractivity contribution in [3.63, 3.8) is 0 Å². The van der Waals surface area contributed by atoms with Gasteiger partial charge in [-0.3, -0.25) is 0 Å². The predicted octanol–water partition coefficient (Wildman–Crippen LogP) is 2.68. The van der Waals surface area contributed by atoms with Gasteiger partial charge in [0.05, 0.1) is 6.26 Å². The van der Waals surface area contributed by atoms with Crippen LogP contribution in [0.3, 0.4) is 0 Å². The minimum atomic E-state index is -0.0755. The number of furan rings is 1. The van der Waals surface area contributed by atoms with Gasteiger partial charge in [-0.25, -0.2) is 0 Å². The zero-order valence-electron chi connectivity index (χ0n) is 8.50. The van der Waals surface area contributed by atoms with Crippen LogP contribution in [-0.4, -0.2) is 12.8 Å². The molecular formula is C10H15NO2. The lowest BCUT2D eigenvalue weighted by Crippen LogP contribution is -2.21. The standard InChI is InChI=1S/C10H15NO2/c1-10(2,3)9(11-12-4)8-6-5-7-13-8/h5-7H,1-4H3. The first-order chi connectivity index (χ1) is 6.05. The molecule has 0 radical (unpaired) electrons. The van der Waals surface area contributed by atoms with Gasteiger partial charge < -0.3 is 9.25 Å². The summed E-state index contributed by atoms with van der Waals surface area (Å²) in [5.74, 6) is 0.759. The van der Waals surface area contributed by atoms with Crippen molar-refractivity contribution in [3.8, 4) is 0 Å². The lowest BCUT2D eigenvalue weighted by molar-refractivity contribution is 0.208. The van der Waals surface area contributed by atoms with Crippen LogP contribution in [0, 0.1) is 5.41 Å². The maximum atomic E-state index is 5.26. The van der Waals surface area contributed by atoms with Gasteiger partial charge >= 0.3 is 0 Å². The van der Waals surface area contributed by atoms with Crippen LogP contribution >= 0.6 is 0 Å². The minimum absolute atomic E-state index is 0.0755. The molecule has 3 heteroatoms. The summed E-state index contributed by atoms with van der Waals surface area (Å²) in [7, 11) is 1.54. The van der Waals surface area contributed by atoms with Crippen molar-refractivity contribution in [3.05, 3.63) is 24.2 Å². The average Bonchev–Trinajstić information content (AvgIpc) is 2.49. The summed E-state index contributed by atoms with van der Waals surface area (Å²) in [5, 5.41) is 3.96. The summed E-state index contributed by atoms with van der Waals surface area (Å²) in [4.78, 5) is 4.78. The van der Waals surface area contributed by atoms with Crippen molar-refractivity contribution in [2.24, 2.45) is 10.6 Å². The molecule has 0 spiro atoms. The van der Waals surface area contributed by atoms with E-state index in [2.05, 4.69) is 25.9 Å².